The highest BCUT2D eigenvalue weighted by molar-refractivity contribution is 5.74. The van der Waals surface area contributed by atoms with E-state index in [0.717, 1.165) is 12.1 Å². The van der Waals surface area contributed by atoms with Crippen LogP contribution < -0.4 is 0 Å². The van der Waals surface area contributed by atoms with Gasteiger partial charge in [0.05, 0.1) is 17.2 Å². The minimum absolute atomic E-state index is 0.292. The van der Waals surface area contributed by atoms with Gasteiger partial charge in [0, 0.05) is 5.56 Å². The Labute approximate surface area is 110 Å². The van der Waals surface area contributed by atoms with Gasteiger partial charge in [0.25, 0.3) is 0 Å². The molecule has 6 heteroatoms. The van der Waals surface area contributed by atoms with Crippen LogP contribution >= 0.6 is 0 Å². The third kappa shape index (κ3) is 2.48. The lowest BCUT2D eigenvalue weighted by molar-refractivity contribution is -0.137. The lowest BCUT2D eigenvalue weighted by atomic mass is 9.95. The second-order valence-corrected chi connectivity index (χ2v) is 3.97. The third-order valence-electron chi connectivity index (χ3n) is 2.70. The molecule has 20 heavy (non-hydrogen) atoms. The van der Waals surface area contributed by atoms with E-state index in [9.17, 15) is 22.0 Å². The van der Waals surface area contributed by atoms with E-state index in [-0.39, 0.29) is 16.7 Å². The number of alkyl halides is 3. The minimum atomic E-state index is -4.66. The molecule has 102 valence electrons. The Morgan fingerprint density at radius 3 is 2.10 bits per heavy atom. The first kappa shape index (κ1) is 14.0. The topological polar surface area (TPSA) is 23.8 Å². The van der Waals surface area contributed by atoms with Crippen LogP contribution in [-0.4, -0.2) is 0 Å². The molecule has 0 N–H and O–H groups in total. The molecule has 0 bridgehead atoms. The highest BCUT2D eigenvalue weighted by atomic mass is 19.4. The molecule has 1 nitrogen and oxygen atoms in total. The molecule has 0 aromatic heterocycles. The third-order valence-corrected chi connectivity index (χ3v) is 2.70. The van der Waals surface area contributed by atoms with Crippen LogP contribution in [0.1, 0.15) is 11.1 Å². The molecule has 2 aromatic carbocycles. The van der Waals surface area contributed by atoms with E-state index < -0.39 is 23.4 Å². The van der Waals surface area contributed by atoms with Crippen molar-refractivity contribution in [2.45, 2.75) is 6.18 Å². The van der Waals surface area contributed by atoms with E-state index in [0.29, 0.717) is 12.1 Å². The average molecular weight is 283 g/mol. The highest BCUT2D eigenvalue weighted by Gasteiger charge is 2.34. The summed E-state index contributed by atoms with van der Waals surface area (Å²) < 4.78 is 65.0. The molecule has 0 spiro atoms. The molecule has 0 aliphatic carbocycles. The van der Waals surface area contributed by atoms with Crippen molar-refractivity contribution in [1.82, 2.24) is 0 Å². The van der Waals surface area contributed by atoms with Crippen LogP contribution in [0.3, 0.4) is 0 Å². The van der Waals surface area contributed by atoms with Gasteiger partial charge < -0.3 is 0 Å². The summed E-state index contributed by atoms with van der Waals surface area (Å²) in [5.41, 5.74) is -2.03. The second-order valence-electron chi connectivity index (χ2n) is 3.97. The Kier molecular flexibility index (Phi) is 3.45. The maximum atomic E-state index is 13.2. The monoisotopic (exact) mass is 283 g/mol. The first-order valence-corrected chi connectivity index (χ1v) is 5.40. The molecule has 2 rings (SSSR count). The molecular weight excluding hydrogens is 277 g/mol. The quantitative estimate of drug-likeness (QED) is 0.706. The van der Waals surface area contributed by atoms with Crippen molar-refractivity contribution in [3.05, 3.63) is 59.2 Å². The number of benzene rings is 2. The van der Waals surface area contributed by atoms with Crippen LogP contribution in [0.25, 0.3) is 11.1 Å². The Hall–Kier alpha value is -2.42. The van der Waals surface area contributed by atoms with Crippen molar-refractivity contribution in [1.29, 1.82) is 5.26 Å². The van der Waals surface area contributed by atoms with Gasteiger partial charge in [-0.15, -0.1) is 0 Å². The van der Waals surface area contributed by atoms with Gasteiger partial charge in [0.15, 0.2) is 11.6 Å². The molecule has 0 amide bonds. The van der Waals surface area contributed by atoms with Gasteiger partial charge in [-0.05, 0) is 23.8 Å². The zero-order chi connectivity index (χ0) is 14.9. The predicted molar refractivity (Wildman–Crippen MR) is 61.5 cm³/mol. The SMILES string of the molecule is N#Cc1cc(F)c(F)cc1-c1ccccc1C(F)(F)F. The van der Waals surface area contributed by atoms with Crippen molar-refractivity contribution < 1.29 is 22.0 Å². The fraction of sp³-hybridized carbons (Fsp3) is 0.0714. The Bertz CT molecular complexity index is 698. The lowest BCUT2D eigenvalue weighted by Gasteiger charge is -2.14. The number of hydrogen-bond acceptors (Lipinski definition) is 1. The minimum Gasteiger partial charge on any atom is -0.204 e. The molecule has 0 radical (unpaired) electrons. The maximum absolute atomic E-state index is 13.2. The van der Waals surface area contributed by atoms with E-state index >= 15 is 0 Å². The maximum Gasteiger partial charge on any atom is 0.417 e. The summed E-state index contributed by atoms with van der Waals surface area (Å²) in [5, 5.41) is 8.87. The first-order chi connectivity index (χ1) is 9.34. The van der Waals surface area contributed by atoms with Gasteiger partial charge in [-0.25, -0.2) is 8.78 Å². The Balaban J connectivity index is 2.76. The van der Waals surface area contributed by atoms with Crippen LogP contribution in [0.15, 0.2) is 36.4 Å². The van der Waals surface area contributed by atoms with Crippen molar-refractivity contribution in [3.8, 4) is 17.2 Å². The van der Waals surface area contributed by atoms with Crippen LogP contribution in [0, 0.1) is 23.0 Å². The van der Waals surface area contributed by atoms with Crippen molar-refractivity contribution >= 4 is 0 Å². The zero-order valence-corrected chi connectivity index (χ0v) is 9.80. The fourth-order valence-electron chi connectivity index (χ4n) is 1.83. The molecule has 2 aromatic rings. The van der Waals surface area contributed by atoms with E-state index in [1.54, 1.807) is 6.07 Å². The van der Waals surface area contributed by atoms with Crippen LogP contribution in [0.5, 0.6) is 0 Å². The summed E-state index contributed by atoms with van der Waals surface area (Å²) >= 11 is 0. The smallest absolute Gasteiger partial charge is 0.204 e. The molecule has 0 unspecified atom stereocenters. The van der Waals surface area contributed by atoms with Crippen LogP contribution in [0.4, 0.5) is 22.0 Å². The summed E-state index contributed by atoms with van der Waals surface area (Å²) in [6.07, 6.45) is -4.66. The first-order valence-electron chi connectivity index (χ1n) is 5.40. The van der Waals surface area contributed by atoms with Gasteiger partial charge >= 0.3 is 6.18 Å². The van der Waals surface area contributed by atoms with Crippen molar-refractivity contribution in [2.24, 2.45) is 0 Å². The van der Waals surface area contributed by atoms with E-state index in [1.165, 1.54) is 12.1 Å². The standard InChI is InChI=1S/C14H6F5N/c15-12-5-8(7-20)10(6-13(12)16)9-3-1-2-4-11(9)14(17,18)19/h1-6H. The van der Waals surface area contributed by atoms with Gasteiger partial charge in [0.1, 0.15) is 0 Å². The summed E-state index contributed by atoms with van der Waals surface area (Å²) in [6.45, 7) is 0. The number of nitrogens with zero attached hydrogens (tertiary/aromatic N) is 1. The molecule has 0 aliphatic rings. The zero-order valence-electron chi connectivity index (χ0n) is 9.80. The summed E-state index contributed by atoms with van der Waals surface area (Å²) in [4.78, 5) is 0. The lowest BCUT2D eigenvalue weighted by Crippen LogP contribution is -2.07. The Morgan fingerprint density at radius 2 is 1.50 bits per heavy atom. The van der Waals surface area contributed by atoms with E-state index in [4.69, 9.17) is 5.26 Å². The highest BCUT2D eigenvalue weighted by Crippen LogP contribution is 2.38. The molecule has 0 heterocycles. The molecule has 0 fully saturated rings. The number of nitriles is 1. The van der Waals surface area contributed by atoms with Gasteiger partial charge in [-0.1, -0.05) is 18.2 Å². The van der Waals surface area contributed by atoms with Crippen molar-refractivity contribution in [2.75, 3.05) is 0 Å². The largest absolute Gasteiger partial charge is 0.417 e. The summed E-state index contributed by atoms with van der Waals surface area (Å²) in [7, 11) is 0. The Morgan fingerprint density at radius 1 is 0.900 bits per heavy atom. The summed E-state index contributed by atoms with van der Waals surface area (Å²) in [6, 6.07) is 7.17. The molecule has 0 saturated carbocycles. The average Bonchev–Trinajstić information content (AvgIpc) is 2.40. The fourth-order valence-corrected chi connectivity index (χ4v) is 1.83. The van der Waals surface area contributed by atoms with Crippen LogP contribution in [-0.2, 0) is 6.18 Å². The predicted octanol–water partition coefficient (Wildman–Crippen LogP) is 4.52. The van der Waals surface area contributed by atoms with E-state index in [2.05, 4.69) is 0 Å². The molecule has 0 atom stereocenters. The normalized spacial score (nSPS) is 11.2. The van der Waals surface area contributed by atoms with Gasteiger partial charge in [-0.3, -0.25) is 0 Å². The number of hydrogen-bond donors (Lipinski definition) is 0. The van der Waals surface area contributed by atoms with E-state index in [1.807, 2.05) is 0 Å². The number of rotatable bonds is 1. The molecular formula is C14H6F5N. The van der Waals surface area contributed by atoms with Gasteiger partial charge in [-0.2, -0.15) is 18.4 Å². The summed E-state index contributed by atoms with van der Waals surface area (Å²) in [5.74, 6) is -2.59. The molecule has 0 aliphatic heterocycles. The van der Waals surface area contributed by atoms with Gasteiger partial charge in [0.2, 0.25) is 0 Å². The molecule has 0 saturated heterocycles. The van der Waals surface area contributed by atoms with Crippen molar-refractivity contribution in [3.63, 3.8) is 0 Å². The van der Waals surface area contributed by atoms with Crippen LogP contribution in [0.2, 0.25) is 0 Å². The second kappa shape index (κ2) is 4.93. The number of halogens is 5.